The lowest BCUT2D eigenvalue weighted by atomic mass is 10.0. The fourth-order valence-electron chi connectivity index (χ4n) is 2.25. The molecule has 1 aromatic rings. The number of aliphatic hydroxyl groups excluding tert-OH is 1. The summed E-state index contributed by atoms with van der Waals surface area (Å²) in [6.07, 6.45) is 3.99. The summed E-state index contributed by atoms with van der Waals surface area (Å²) in [4.78, 5) is 4.22. The van der Waals surface area contributed by atoms with Crippen LogP contribution in [0.1, 0.15) is 30.7 Å². The van der Waals surface area contributed by atoms with Crippen LogP contribution < -0.4 is 10.6 Å². The van der Waals surface area contributed by atoms with Gasteiger partial charge in [0.15, 0.2) is 5.96 Å². The number of benzene rings is 1. The van der Waals surface area contributed by atoms with Gasteiger partial charge >= 0.3 is 0 Å². The highest BCUT2D eigenvalue weighted by Gasteiger charge is 2.20. The molecule has 0 spiro atoms. The number of guanidine groups is 1. The molecule has 118 valence electrons. The minimum atomic E-state index is 0. The van der Waals surface area contributed by atoms with Crippen LogP contribution in [0.5, 0.6) is 0 Å². The van der Waals surface area contributed by atoms with Gasteiger partial charge in [0.1, 0.15) is 0 Å². The SMILES string of the molecule is CN=C(NCCC1CC1)NCC(CO)c1ccccc1.I. The number of aliphatic hydroxyl groups is 1. The number of nitrogens with one attached hydrogen (secondary N) is 2. The van der Waals surface area contributed by atoms with Crippen molar-refractivity contribution in [2.75, 3.05) is 26.7 Å². The van der Waals surface area contributed by atoms with Crippen molar-refractivity contribution in [3.05, 3.63) is 35.9 Å². The summed E-state index contributed by atoms with van der Waals surface area (Å²) < 4.78 is 0. The molecule has 1 atom stereocenters. The Morgan fingerprint density at radius 1 is 1.29 bits per heavy atom. The average molecular weight is 403 g/mol. The number of halogens is 1. The van der Waals surface area contributed by atoms with Gasteiger partial charge in [0.25, 0.3) is 0 Å². The second-order valence-corrected chi connectivity index (χ2v) is 5.40. The van der Waals surface area contributed by atoms with Gasteiger partial charge in [-0.2, -0.15) is 0 Å². The van der Waals surface area contributed by atoms with Crippen LogP contribution in [0, 0.1) is 5.92 Å². The summed E-state index contributed by atoms with van der Waals surface area (Å²) >= 11 is 0. The summed E-state index contributed by atoms with van der Waals surface area (Å²) in [6.45, 7) is 1.79. The Morgan fingerprint density at radius 3 is 2.57 bits per heavy atom. The largest absolute Gasteiger partial charge is 0.396 e. The molecule has 3 N–H and O–H groups in total. The summed E-state index contributed by atoms with van der Waals surface area (Å²) in [6, 6.07) is 10.1. The van der Waals surface area contributed by atoms with E-state index in [0.717, 1.165) is 24.0 Å². The van der Waals surface area contributed by atoms with Crippen LogP contribution in [0.3, 0.4) is 0 Å². The van der Waals surface area contributed by atoms with Crippen LogP contribution in [0.2, 0.25) is 0 Å². The predicted octanol–water partition coefficient (Wildman–Crippen LogP) is 2.35. The summed E-state index contributed by atoms with van der Waals surface area (Å²) in [5.41, 5.74) is 1.15. The third-order valence-electron chi connectivity index (χ3n) is 3.77. The van der Waals surface area contributed by atoms with Gasteiger partial charge in [0, 0.05) is 26.1 Å². The molecule has 1 aliphatic rings. The number of aliphatic imine (C=N–C) groups is 1. The standard InChI is InChI=1S/C16H25N3O.HI/c1-17-16(18-10-9-13-7-8-13)19-11-15(12-20)14-5-3-2-4-6-14;/h2-6,13,15,20H,7-12H2,1H3,(H2,17,18,19);1H. The van der Waals surface area contributed by atoms with Crippen molar-refractivity contribution in [3.8, 4) is 0 Å². The van der Waals surface area contributed by atoms with Gasteiger partial charge in [-0.3, -0.25) is 4.99 Å². The van der Waals surface area contributed by atoms with Crippen LogP contribution in [0.4, 0.5) is 0 Å². The Hall–Kier alpha value is -0.820. The van der Waals surface area contributed by atoms with E-state index < -0.39 is 0 Å². The van der Waals surface area contributed by atoms with Gasteiger partial charge in [-0.25, -0.2) is 0 Å². The van der Waals surface area contributed by atoms with Crippen LogP contribution in [0.25, 0.3) is 0 Å². The molecule has 0 aliphatic heterocycles. The normalized spacial score (nSPS) is 16.0. The van der Waals surface area contributed by atoms with Crippen molar-refractivity contribution in [2.24, 2.45) is 10.9 Å². The van der Waals surface area contributed by atoms with Crippen molar-refractivity contribution in [1.29, 1.82) is 0 Å². The van der Waals surface area contributed by atoms with Crippen LogP contribution in [-0.4, -0.2) is 37.8 Å². The maximum Gasteiger partial charge on any atom is 0.190 e. The summed E-state index contributed by atoms with van der Waals surface area (Å²) in [7, 11) is 1.78. The molecular weight excluding hydrogens is 377 g/mol. The van der Waals surface area contributed by atoms with E-state index in [2.05, 4.69) is 15.6 Å². The van der Waals surface area contributed by atoms with E-state index in [1.807, 2.05) is 30.3 Å². The molecule has 1 aliphatic carbocycles. The lowest BCUT2D eigenvalue weighted by molar-refractivity contribution is 0.265. The fourth-order valence-corrected chi connectivity index (χ4v) is 2.25. The first kappa shape index (κ1) is 18.2. The van der Waals surface area contributed by atoms with Crippen molar-refractivity contribution in [2.45, 2.75) is 25.2 Å². The molecule has 0 radical (unpaired) electrons. The molecule has 0 heterocycles. The third kappa shape index (κ3) is 6.65. The summed E-state index contributed by atoms with van der Waals surface area (Å²) in [5, 5.41) is 16.1. The van der Waals surface area contributed by atoms with E-state index >= 15 is 0 Å². The molecule has 2 rings (SSSR count). The van der Waals surface area contributed by atoms with Crippen LogP contribution in [0.15, 0.2) is 35.3 Å². The Kier molecular flexibility index (Phi) is 8.68. The smallest absolute Gasteiger partial charge is 0.190 e. The molecule has 1 saturated carbocycles. The molecule has 5 heteroatoms. The molecule has 1 aromatic carbocycles. The van der Waals surface area contributed by atoms with E-state index in [1.54, 1.807) is 7.05 Å². The zero-order valence-corrected chi connectivity index (χ0v) is 14.9. The number of hydrogen-bond donors (Lipinski definition) is 3. The van der Waals surface area contributed by atoms with Crippen LogP contribution in [-0.2, 0) is 0 Å². The molecule has 0 bridgehead atoms. The second kappa shape index (κ2) is 10.00. The van der Waals surface area contributed by atoms with E-state index in [4.69, 9.17) is 0 Å². The van der Waals surface area contributed by atoms with Crippen LogP contribution >= 0.6 is 24.0 Å². The van der Waals surface area contributed by atoms with Crippen molar-refractivity contribution in [3.63, 3.8) is 0 Å². The zero-order valence-electron chi connectivity index (χ0n) is 12.6. The maximum absolute atomic E-state index is 9.52. The molecule has 0 aromatic heterocycles. The van der Waals surface area contributed by atoms with Gasteiger partial charge in [-0.15, -0.1) is 24.0 Å². The Morgan fingerprint density at radius 2 is 2.00 bits per heavy atom. The minimum absolute atomic E-state index is 0. The minimum Gasteiger partial charge on any atom is -0.396 e. The number of rotatable bonds is 7. The lowest BCUT2D eigenvalue weighted by Crippen LogP contribution is -2.40. The van der Waals surface area contributed by atoms with Gasteiger partial charge in [-0.05, 0) is 17.9 Å². The van der Waals surface area contributed by atoms with E-state index in [9.17, 15) is 5.11 Å². The third-order valence-corrected chi connectivity index (χ3v) is 3.77. The molecule has 1 fully saturated rings. The summed E-state index contributed by atoms with van der Waals surface area (Å²) in [5.74, 6) is 1.84. The van der Waals surface area contributed by atoms with Gasteiger partial charge < -0.3 is 15.7 Å². The molecule has 0 saturated heterocycles. The first-order valence-corrected chi connectivity index (χ1v) is 7.43. The number of nitrogens with zero attached hydrogens (tertiary/aromatic N) is 1. The Labute approximate surface area is 144 Å². The molecule has 21 heavy (non-hydrogen) atoms. The highest BCUT2D eigenvalue weighted by molar-refractivity contribution is 14.0. The quantitative estimate of drug-likeness (QED) is 0.372. The van der Waals surface area contributed by atoms with E-state index in [-0.39, 0.29) is 36.5 Å². The first-order chi connectivity index (χ1) is 9.83. The second-order valence-electron chi connectivity index (χ2n) is 5.40. The zero-order chi connectivity index (χ0) is 14.2. The maximum atomic E-state index is 9.52. The van der Waals surface area contributed by atoms with E-state index in [1.165, 1.54) is 19.3 Å². The van der Waals surface area contributed by atoms with Gasteiger partial charge in [-0.1, -0.05) is 43.2 Å². The van der Waals surface area contributed by atoms with Crippen molar-refractivity contribution in [1.82, 2.24) is 10.6 Å². The molecule has 4 nitrogen and oxygen atoms in total. The van der Waals surface area contributed by atoms with E-state index in [0.29, 0.717) is 6.54 Å². The predicted molar refractivity (Wildman–Crippen MR) is 98.4 cm³/mol. The first-order valence-electron chi connectivity index (χ1n) is 7.43. The average Bonchev–Trinajstić information content (AvgIpc) is 3.31. The van der Waals surface area contributed by atoms with Gasteiger partial charge in [0.05, 0.1) is 6.61 Å². The highest BCUT2D eigenvalue weighted by atomic mass is 127. The lowest BCUT2D eigenvalue weighted by Gasteiger charge is -2.18. The fraction of sp³-hybridized carbons (Fsp3) is 0.562. The topological polar surface area (TPSA) is 56.7 Å². The van der Waals surface area contributed by atoms with Crippen molar-refractivity contribution >= 4 is 29.9 Å². The van der Waals surface area contributed by atoms with Gasteiger partial charge in [0.2, 0.25) is 0 Å². The number of hydrogen-bond acceptors (Lipinski definition) is 2. The molecule has 1 unspecified atom stereocenters. The molecular formula is C16H26IN3O. The molecule has 0 amide bonds. The Balaban J connectivity index is 0.00000220. The Bertz CT molecular complexity index is 421. The monoisotopic (exact) mass is 403 g/mol. The highest BCUT2D eigenvalue weighted by Crippen LogP contribution is 2.31. The van der Waals surface area contributed by atoms with Crippen molar-refractivity contribution < 1.29 is 5.11 Å².